The first-order valence-corrected chi connectivity index (χ1v) is 7.97. The molecule has 0 amide bonds. The Morgan fingerprint density at radius 3 is 2.61 bits per heavy atom. The van der Waals surface area contributed by atoms with Crippen molar-refractivity contribution in [3.63, 3.8) is 0 Å². The van der Waals surface area contributed by atoms with Crippen LogP contribution in [0.4, 0.5) is 5.69 Å². The fourth-order valence-electron chi connectivity index (χ4n) is 1.79. The van der Waals surface area contributed by atoms with Crippen molar-refractivity contribution in [3.8, 4) is 0 Å². The van der Waals surface area contributed by atoms with Crippen LogP contribution < -0.4 is 10.0 Å². The molecule has 0 aromatic heterocycles. The summed E-state index contributed by atoms with van der Waals surface area (Å²) in [5, 5.41) is 3.30. The molecule has 102 valence electrons. The largest absolute Gasteiger partial charge is 0.310 e. The lowest BCUT2D eigenvalue weighted by Gasteiger charge is -2.14. The highest BCUT2D eigenvalue weighted by atomic mass is 32.2. The van der Waals surface area contributed by atoms with Crippen molar-refractivity contribution in [2.45, 2.75) is 33.2 Å². The normalized spacial score (nSPS) is 13.3. The van der Waals surface area contributed by atoms with Gasteiger partial charge in [0.25, 0.3) is 0 Å². The highest BCUT2D eigenvalue weighted by Gasteiger charge is 2.10. The standard InChI is InChI=1S/C13H22N2O2S/c1-4-9-18(16,17)15-13-8-6-7-12(10-13)11(3)14-5-2/h6-8,10-11,14-15H,4-5,9H2,1-3H3. The Kier molecular flexibility index (Phi) is 5.62. The van der Waals surface area contributed by atoms with Gasteiger partial charge in [0.2, 0.25) is 10.0 Å². The van der Waals surface area contributed by atoms with E-state index in [0.29, 0.717) is 12.1 Å². The maximum Gasteiger partial charge on any atom is 0.232 e. The molecule has 0 bridgehead atoms. The Bertz CT molecular complexity index is 472. The van der Waals surface area contributed by atoms with Crippen LogP contribution in [0.5, 0.6) is 0 Å². The Hall–Kier alpha value is -1.07. The van der Waals surface area contributed by atoms with Crippen LogP contribution in [0.1, 0.15) is 38.8 Å². The van der Waals surface area contributed by atoms with E-state index in [9.17, 15) is 8.42 Å². The van der Waals surface area contributed by atoms with Crippen LogP contribution >= 0.6 is 0 Å². The lowest BCUT2D eigenvalue weighted by Crippen LogP contribution is -2.19. The highest BCUT2D eigenvalue weighted by Crippen LogP contribution is 2.18. The smallest absolute Gasteiger partial charge is 0.232 e. The zero-order chi connectivity index (χ0) is 13.6. The van der Waals surface area contributed by atoms with Gasteiger partial charge in [-0.05, 0) is 37.6 Å². The van der Waals surface area contributed by atoms with E-state index in [-0.39, 0.29) is 11.8 Å². The van der Waals surface area contributed by atoms with Crippen molar-refractivity contribution in [1.29, 1.82) is 0 Å². The van der Waals surface area contributed by atoms with Crippen molar-refractivity contribution in [2.24, 2.45) is 0 Å². The van der Waals surface area contributed by atoms with E-state index in [0.717, 1.165) is 12.1 Å². The second-order valence-electron chi connectivity index (χ2n) is 4.33. The minimum absolute atomic E-state index is 0.153. The molecular weight excluding hydrogens is 248 g/mol. The topological polar surface area (TPSA) is 58.2 Å². The highest BCUT2D eigenvalue weighted by molar-refractivity contribution is 7.92. The molecule has 1 unspecified atom stereocenters. The third kappa shape index (κ3) is 4.66. The first-order valence-electron chi connectivity index (χ1n) is 6.32. The van der Waals surface area contributed by atoms with Crippen LogP contribution in [0.3, 0.4) is 0 Å². The maximum absolute atomic E-state index is 11.7. The van der Waals surface area contributed by atoms with E-state index in [1.807, 2.05) is 32.0 Å². The zero-order valence-corrected chi connectivity index (χ0v) is 12.0. The number of benzene rings is 1. The number of rotatable bonds is 7. The molecule has 4 nitrogen and oxygen atoms in total. The van der Waals surface area contributed by atoms with Gasteiger partial charge >= 0.3 is 0 Å². The molecule has 1 rings (SSSR count). The zero-order valence-electron chi connectivity index (χ0n) is 11.2. The molecule has 0 heterocycles. The van der Waals surface area contributed by atoms with E-state index >= 15 is 0 Å². The summed E-state index contributed by atoms with van der Waals surface area (Å²) in [7, 11) is -3.21. The monoisotopic (exact) mass is 270 g/mol. The Balaban J connectivity index is 2.82. The minimum atomic E-state index is -3.21. The second kappa shape index (κ2) is 6.75. The first-order chi connectivity index (χ1) is 8.48. The summed E-state index contributed by atoms with van der Waals surface area (Å²) in [4.78, 5) is 0. The molecule has 0 saturated heterocycles. The third-order valence-electron chi connectivity index (χ3n) is 2.64. The van der Waals surface area contributed by atoms with Gasteiger partial charge in [-0.1, -0.05) is 26.0 Å². The molecule has 0 aliphatic carbocycles. The maximum atomic E-state index is 11.7. The van der Waals surface area contributed by atoms with Gasteiger partial charge in [-0.25, -0.2) is 8.42 Å². The van der Waals surface area contributed by atoms with E-state index in [4.69, 9.17) is 0 Å². The van der Waals surface area contributed by atoms with Crippen molar-refractivity contribution in [1.82, 2.24) is 5.32 Å². The summed E-state index contributed by atoms with van der Waals surface area (Å²) in [5.41, 5.74) is 1.71. The van der Waals surface area contributed by atoms with Crippen LogP contribution in [0, 0.1) is 0 Å². The molecule has 0 radical (unpaired) electrons. The molecule has 1 aromatic rings. The third-order valence-corrected chi connectivity index (χ3v) is 4.14. The minimum Gasteiger partial charge on any atom is -0.310 e. The van der Waals surface area contributed by atoms with E-state index in [1.54, 1.807) is 6.07 Å². The van der Waals surface area contributed by atoms with Gasteiger partial charge in [0.05, 0.1) is 5.75 Å². The van der Waals surface area contributed by atoms with Gasteiger partial charge in [0, 0.05) is 11.7 Å². The quantitative estimate of drug-likeness (QED) is 0.800. The van der Waals surface area contributed by atoms with Crippen LogP contribution in [0.2, 0.25) is 0 Å². The van der Waals surface area contributed by atoms with Crippen molar-refractivity contribution >= 4 is 15.7 Å². The van der Waals surface area contributed by atoms with Crippen LogP contribution in [-0.4, -0.2) is 20.7 Å². The average molecular weight is 270 g/mol. The lowest BCUT2D eigenvalue weighted by molar-refractivity contribution is 0.597. The van der Waals surface area contributed by atoms with E-state index in [1.165, 1.54) is 0 Å². The Morgan fingerprint density at radius 1 is 1.28 bits per heavy atom. The Morgan fingerprint density at radius 2 is 2.00 bits per heavy atom. The Labute approximate surface area is 110 Å². The molecule has 0 saturated carbocycles. The summed E-state index contributed by atoms with van der Waals surface area (Å²) < 4.78 is 26.0. The predicted molar refractivity (Wildman–Crippen MR) is 76.2 cm³/mol. The number of sulfonamides is 1. The molecule has 0 aliphatic heterocycles. The summed E-state index contributed by atoms with van der Waals surface area (Å²) in [6, 6.07) is 7.72. The van der Waals surface area contributed by atoms with E-state index < -0.39 is 10.0 Å². The van der Waals surface area contributed by atoms with Gasteiger partial charge in [0.15, 0.2) is 0 Å². The molecule has 1 atom stereocenters. The molecule has 18 heavy (non-hydrogen) atoms. The van der Waals surface area contributed by atoms with Gasteiger partial charge in [-0.3, -0.25) is 4.72 Å². The number of hydrogen-bond acceptors (Lipinski definition) is 3. The summed E-state index contributed by atoms with van der Waals surface area (Å²) >= 11 is 0. The number of anilines is 1. The van der Waals surface area contributed by atoms with Gasteiger partial charge in [-0.15, -0.1) is 0 Å². The molecule has 0 spiro atoms. The molecule has 2 N–H and O–H groups in total. The van der Waals surface area contributed by atoms with Crippen LogP contribution in [0.25, 0.3) is 0 Å². The first kappa shape index (κ1) is 15.0. The molecular formula is C13H22N2O2S. The summed E-state index contributed by atoms with van der Waals surface area (Å²) in [6.07, 6.45) is 0.614. The second-order valence-corrected chi connectivity index (χ2v) is 6.17. The summed E-state index contributed by atoms with van der Waals surface area (Å²) in [6.45, 7) is 6.84. The van der Waals surface area contributed by atoms with Gasteiger partial charge < -0.3 is 5.32 Å². The fraction of sp³-hybridized carbons (Fsp3) is 0.538. The van der Waals surface area contributed by atoms with Crippen molar-refractivity contribution < 1.29 is 8.42 Å². The van der Waals surface area contributed by atoms with Crippen LogP contribution in [-0.2, 0) is 10.0 Å². The van der Waals surface area contributed by atoms with Gasteiger partial charge in [-0.2, -0.15) is 0 Å². The SMILES string of the molecule is CCCS(=O)(=O)Nc1cccc(C(C)NCC)c1. The predicted octanol–water partition coefficient (Wildman–Crippen LogP) is 2.51. The average Bonchev–Trinajstić information content (AvgIpc) is 2.28. The fourth-order valence-corrected chi connectivity index (χ4v) is 2.92. The molecule has 1 aromatic carbocycles. The molecule has 5 heteroatoms. The lowest BCUT2D eigenvalue weighted by atomic mass is 10.1. The van der Waals surface area contributed by atoms with E-state index in [2.05, 4.69) is 17.0 Å². The van der Waals surface area contributed by atoms with Crippen LogP contribution in [0.15, 0.2) is 24.3 Å². The number of nitrogens with one attached hydrogen (secondary N) is 2. The van der Waals surface area contributed by atoms with Crippen molar-refractivity contribution in [3.05, 3.63) is 29.8 Å². The van der Waals surface area contributed by atoms with Crippen molar-refractivity contribution in [2.75, 3.05) is 17.0 Å². The van der Waals surface area contributed by atoms with Gasteiger partial charge in [0.1, 0.15) is 0 Å². The summed E-state index contributed by atoms with van der Waals surface area (Å²) in [5.74, 6) is 0.153. The molecule has 0 aliphatic rings. The number of hydrogen-bond donors (Lipinski definition) is 2. The molecule has 0 fully saturated rings.